The first kappa shape index (κ1) is 14.3. The molecule has 0 aliphatic carbocycles. The largest absolute Gasteiger partial charge is 0.275 e. The van der Waals surface area contributed by atoms with E-state index in [0.717, 1.165) is 16.7 Å². The van der Waals surface area contributed by atoms with Crippen molar-refractivity contribution >= 4 is 17.2 Å². The summed E-state index contributed by atoms with van der Waals surface area (Å²) < 4.78 is 0. The summed E-state index contributed by atoms with van der Waals surface area (Å²) in [6, 6.07) is 9.68. The van der Waals surface area contributed by atoms with Crippen LogP contribution in [0.25, 0.3) is 0 Å². The van der Waals surface area contributed by atoms with E-state index in [2.05, 4.69) is 11.8 Å². The summed E-state index contributed by atoms with van der Waals surface area (Å²) in [6.07, 6.45) is 0.304. The molecule has 0 saturated heterocycles. The third kappa shape index (κ3) is 3.95. The van der Waals surface area contributed by atoms with Crippen LogP contribution < -0.4 is 0 Å². The molecule has 0 unspecified atom stereocenters. The van der Waals surface area contributed by atoms with E-state index in [1.807, 2.05) is 41.1 Å². The van der Waals surface area contributed by atoms with Crippen molar-refractivity contribution < 1.29 is 9.63 Å². The zero-order valence-corrected chi connectivity index (χ0v) is 12.2. The topological polar surface area (TPSA) is 29.5 Å². The molecular weight excluding hydrogens is 270 g/mol. The van der Waals surface area contributed by atoms with Gasteiger partial charge in [-0.3, -0.25) is 9.63 Å². The van der Waals surface area contributed by atoms with Crippen LogP contribution in [-0.2, 0) is 16.1 Å². The standard InChI is InChI=1S/C16H15NO2S/c1-17(19-2)16(18)11-15-5-3-4-13(10-15)6-7-14-8-9-20-12-14/h3-5,8-10,12H,11H2,1-2H3. The second-order valence-electron chi connectivity index (χ2n) is 4.21. The first-order valence-corrected chi connectivity index (χ1v) is 7.07. The van der Waals surface area contributed by atoms with Crippen LogP contribution >= 0.6 is 11.3 Å². The van der Waals surface area contributed by atoms with Gasteiger partial charge in [-0.2, -0.15) is 11.3 Å². The molecule has 0 spiro atoms. The number of rotatable bonds is 3. The molecule has 1 amide bonds. The second kappa shape index (κ2) is 6.90. The molecule has 0 atom stereocenters. The summed E-state index contributed by atoms with van der Waals surface area (Å²) in [4.78, 5) is 16.6. The number of carbonyl (C=O) groups is 1. The maximum Gasteiger partial charge on any atom is 0.250 e. The molecule has 0 radical (unpaired) electrons. The Kier molecular flexibility index (Phi) is 4.94. The van der Waals surface area contributed by atoms with Crippen LogP contribution in [0.4, 0.5) is 0 Å². The molecule has 0 aliphatic rings. The van der Waals surface area contributed by atoms with Crippen LogP contribution in [0.1, 0.15) is 16.7 Å². The van der Waals surface area contributed by atoms with Crippen molar-refractivity contribution in [1.29, 1.82) is 0 Å². The average Bonchev–Trinajstić information content (AvgIpc) is 2.98. The number of nitrogens with zero attached hydrogens (tertiary/aromatic N) is 1. The summed E-state index contributed by atoms with van der Waals surface area (Å²) in [5.41, 5.74) is 2.84. The Morgan fingerprint density at radius 2 is 2.10 bits per heavy atom. The molecule has 0 N–H and O–H groups in total. The minimum Gasteiger partial charge on any atom is -0.275 e. The Labute approximate surface area is 122 Å². The van der Waals surface area contributed by atoms with Gasteiger partial charge in [0.25, 0.3) is 0 Å². The van der Waals surface area contributed by atoms with Crippen molar-refractivity contribution in [2.75, 3.05) is 14.2 Å². The van der Waals surface area contributed by atoms with Gasteiger partial charge < -0.3 is 0 Å². The quantitative estimate of drug-likeness (QED) is 0.641. The van der Waals surface area contributed by atoms with Crippen LogP contribution in [0.15, 0.2) is 41.1 Å². The fourth-order valence-electron chi connectivity index (χ4n) is 1.63. The van der Waals surface area contributed by atoms with Gasteiger partial charge in [0.1, 0.15) is 0 Å². The monoisotopic (exact) mass is 285 g/mol. The highest BCUT2D eigenvalue weighted by molar-refractivity contribution is 7.08. The molecule has 0 fully saturated rings. The van der Waals surface area contributed by atoms with E-state index in [-0.39, 0.29) is 5.91 Å². The molecule has 0 bridgehead atoms. The summed E-state index contributed by atoms with van der Waals surface area (Å²) >= 11 is 1.63. The van der Waals surface area contributed by atoms with E-state index in [1.54, 1.807) is 18.4 Å². The van der Waals surface area contributed by atoms with Gasteiger partial charge >= 0.3 is 0 Å². The lowest BCUT2D eigenvalue weighted by Gasteiger charge is -2.13. The molecule has 3 nitrogen and oxygen atoms in total. The van der Waals surface area contributed by atoms with Gasteiger partial charge in [-0.15, -0.1) is 0 Å². The third-order valence-electron chi connectivity index (χ3n) is 2.78. The van der Waals surface area contributed by atoms with Gasteiger partial charge in [-0.05, 0) is 29.1 Å². The summed E-state index contributed by atoms with van der Waals surface area (Å²) in [5, 5.41) is 5.23. The summed E-state index contributed by atoms with van der Waals surface area (Å²) in [7, 11) is 3.07. The molecule has 4 heteroatoms. The average molecular weight is 285 g/mol. The number of hydrogen-bond donors (Lipinski definition) is 0. The molecule has 20 heavy (non-hydrogen) atoms. The van der Waals surface area contributed by atoms with Crippen LogP contribution in [0.3, 0.4) is 0 Å². The minimum atomic E-state index is -0.0876. The second-order valence-corrected chi connectivity index (χ2v) is 4.99. The molecular formula is C16H15NO2S. The molecule has 1 heterocycles. The van der Waals surface area contributed by atoms with E-state index in [0.29, 0.717) is 6.42 Å². The Morgan fingerprint density at radius 3 is 2.80 bits per heavy atom. The van der Waals surface area contributed by atoms with Gasteiger partial charge in [0, 0.05) is 23.6 Å². The van der Waals surface area contributed by atoms with Crippen LogP contribution in [0, 0.1) is 11.8 Å². The highest BCUT2D eigenvalue weighted by Crippen LogP contribution is 2.08. The van der Waals surface area contributed by atoms with E-state index in [1.165, 1.54) is 12.2 Å². The number of hydroxylamine groups is 2. The lowest BCUT2D eigenvalue weighted by atomic mass is 10.1. The zero-order valence-electron chi connectivity index (χ0n) is 11.4. The smallest absolute Gasteiger partial charge is 0.250 e. The fraction of sp³-hybridized carbons (Fsp3) is 0.188. The highest BCUT2D eigenvalue weighted by atomic mass is 32.1. The van der Waals surface area contributed by atoms with Gasteiger partial charge in [0.2, 0.25) is 5.91 Å². The van der Waals surface area contributed by atoms with Gasteiger partial charge in [-0.25, -0.2) is 5.06 Å². The maximum absolute atomic E-state index is 11.8. The van der Waals surface area contributed by atoms with E-state index in [4.69, 9.17) is 4.84 Å². The van der Waals surface area contributed by atoms with Crippen molar-refractivity contribution in [1.82, 2.24) is 5.06 Å². The van der Waals surface area contributed by atoms with Crippen molar-refractivity contribution in [2.45, 2.75) is 6.42 Å². The first-order chi connectivity index (χ1) is 9.69. The molecule has 2 rings (SSSR count). The minimum absolute atomic E-state index is 0.0876. The lowest BCUT2D eigenvalue weighted by Crippen LogP contribution is -2.26. The zero-order chi connectivity index (χ0) is 14.4. The third-order valence-corrected chi connectivity index (χ3v) is 3.46. The van der Waals surface area contributed by atoms with Crippen LogP contribution in [0.5, 0.6) is 0 Å². The van der Waals surface area contributed by atoms with Crippen molar-refractivity contribution in [3.8, 4) is 11.8 Å². The highest BCUT2D eigenvalue weighted by Gasteiger charge is 2.08. The lowest BCUT2D eigenvalue weighted by molar-refractivity contribution is -0.167. The van der Waals surface area contributed by atoms with Crippen LogP contribution in [-0.4, -0.2) is 25.1 Å². The van der Waals surface area contributed by atoms with Crippen LogP contribution in [0.2, 0.25) is 0 Å². The Balaban J connectivity index is 2.10. The number of hydrogen-bond acceptors (Lipinski definition) is 3. The van der Waals surface area contributed by atoms with Crippen molar-refractivity contribution in [2.24, 2.45) is 0 Å². The summed E-state index contributed by atoms with van der Waals surface area (Å²) in [6.45, 7) is 0. The van der Waals surface area contributed by atoms with Gasteiger partial charge in [-0.1, -0.05) is 24.0 Å². The molecule has 102 valence electrons. The molecule has 0 saturated carbocycles. The fourth-order valence-corrected chi connectivity index (χ4v) is 2.21. The molecule has 2 aromatic rings. The Hall–Kier alpha value is -2.09. The predicted molar refractivity (Wildman–Crippen MR) is 80.2 cm³/mol. The SMILES string of the molecule is CON(C)C(=O)Cc1cccc(C#Cc2ccsc2)c1. The van der Waals surface area contributed by atoms with Gasteiger partial charge in [0.05, 0.1) is 13.5 Å². The number of amides is 1. The first-order valence-electron chi connectivity index (χ1n) is 6.13. The molecule has 0 aliphatic heterocycles. The molecule has 1 aromatic carbocycles. The number of likely N-dealkylation sites (N-methyl/N-ethyl adjacent to an activating group) is 1. The van der Waals surface area contributed by atoms with E-state index in [9.17, 15) is 4.79 Å². The van der Waals surface area contributed by atoms with Gasteiger partial charge in [0.15, 0.2) is 0 Å². The Morgan fingerprint density at radius 1 is 1.30 bits per heavy atom. The normalized spacial score (nSPS) is 9.70. The maximum atomic E-state index is 11.8. The predicted octanol–water partition coefficient (Wildman–Crippen LogP) is 2.71. The Bertz CT molecular complexity index is 638. The molecule has 1 aromatic heterocycles. The van der Waals surface area contributed by atoms with E-state index < -0.39 is 0 Å². The van der Waals surface area contributed by atoms with Crippen molar-refractivity contribution in [3.05, 3.63) is 57.8 Å². The number of thiophene rings is 1. The number of benzene rings is 1. The van der Waals surface area contributed by atoms with Crippen molar-refractivity contribution in [3.63, 3.8) is 0 Å². The number of carbonyl (C=O) groups excluding carboxylic acids is 1. The van der Waals surface area contributed by atoms with E-state index >= 15 is 0 Å². The summed E-state index contributed by atoms with van der Waals surface area (Å²) in [5.74, 6) is 6.11.